The molecule has 0 aliphatic heterocycles. The van der Waals surface area contributed by atoms with Crippen LogP contribution in [0.15, 0.2) is 28.7 Å². The Hall–Kier alpha value is -1.16. The number of carbonyl (C=O) groups excluding carboxylic acids is 1. The molecule has 0 saturated heterocycles. The summed E-state index contributed by atoms with van der Waals surface area (Å²) in [5.41, 5.74) is 0.0662. The van der Waals surface area contributed by atoms with Crippen molar-refractivity contribution < 1.29 is 13.9 Å². The second-order valence-electron chi connectivity index (χ2n) is 4.53. The van der Waals surface area contributed by atoms with Crippen LogP contribution in [0.4, 0.5) is 4.39 Å². The van der Waals surface area contributed by atoms with Crippen molar-refractivity contribution in [3.63, 3.8) is 0 Å². The van der Waals surface area contributed by atoms with Crippen molar-refractivity contribution >= 4 is 28.0 Å². The highest BCUT2D eigenvalue weighted by molar-refractivity contribution is 9.10. The molecule has 0 N–H and O–H groups in total. The quantitative estimate of drug-likeness (QED) is 0.611. The zero-order chi connectivity index (χ0) is 13.1. The molecule has 0 fully saturated rings. The van der Waals surface area contributed by atoms with Crippen LogP contribution in [-0.4, -0.2) is 11.6 Å². The largest absolute Gasteiger partial charge is 0.457 e. The summed E-state index contributed by atoms with van der Waals surface area (Å²) in [6.45, 7) is 5.37. The van der Waals surface area contributed by atoms with Crippen LogP contribution >= 0.6 is 15.9 Å². The molecular weight excluding hydrogens is 287 g/mol. The topological polar surface area (TPSA) is 26.3 Å². The SMILES string of the molecule is CC(C)(C)OC(=O)C=Cc1cc(F)ccc1Br. The molecule has 92 valence electrons. The fourth-order valence-corrected chi connectivity index (χ4v) is 1.51. The minimum Gasteiger partial charge on any atom is -0.457 e. The van der Waals surface area contributed by atoms with E-state index < -0.39 is 11.6 Å². The van der Waals surface area contributed by atoms with Crippen LogP contribution in [0.1, 0.15) is 26.3 Å². The third kappa shape index (κ3) is 5.13. The van der Waals surface area contributed by atoms with Crippen LogP contribution < -0.4 is 0 Å². The summed E-state index contributed by atoms with van der Waals surface area (Å²) in [6, 6.07) is 4.27. The van der Waals surface area contributed by atoms with Crippen molar-refractivity contribution in [1.82, 2.24) is 0 Å². The molecule has 0 amide bonds. The zero-order valence-electron chi connectivity index (χ0n) is 9.96. The van der Waals surface area contributed by atoms with E-state index >= 15 is 0 Å². The second-order valence-corrected chi connectivity index (χ2v) is 5.39. The first-order valence-corrected chi connectivity index (χ1v) is 5.93. The van der Waals surface area contributed by atoms with Gasteiger partial charge in [-0.3, -0.25) is 0 Å². The molecule has 0 aromatic heterocycles. The number of hydrogen-bond donors (Lipinski definition) is 0. The van der Waals surface area contributed by atoms with Crippen LogP contribution in [0.2, 0.25) is 0 Å². The van der Waals surface area contributed by atoms with Gasteiger partial charge in [0.15, 0.2) is 0 Å². The minimum absolute atomic E-state index is 0.350. The highest BCUT2D eigenvalue weighted by Gasteiger charge is 2.13. The first-order valence-electron chi connectivity index (χ1n) is 5.14. The molecule has 1 aromatic carbocycles. The van der Waals surface area contributed by atoms with Gasteiger partial charge in [-0.05, 0) is 50.6 Å². The Morgan fingerprint density at radius 3 is 2.65 bits per heavy atom. The Labute approximate surface area is 109 Å². The Morgan fingerprint density at radius 1 is 1.41 bits per heavy atom. The number of halogens is 2. The maximum absolute atomic E-state index is 13.0. The fraction of sp³-hybridized carbons (Fsp3) is 0.308. The summed E-state index contributed by atoms with van der Waals surface area (Å²) in [6.07, 6.45) is 2.80. The molecule has 1 aromatic rings. The molecule has 4 heteroatoms. The number of benzene rings is 1. The fourth-order valence-electron chi connectivity index (χ4n) is 1.14. The van der Waals surface area contributed by atoms with Crippen molar-refractivity contribution in [2.45, 2.75) is 26.4 Å². The lowest BCUT2D eigenvalue weighted by Gasteiger charge is -2.17. The maximum Gasteiger partial charge on any atom is 0.331 e. The van der Waals surface area contributed by atoms with E-state index in [1.54, 1.807) is 26.8 Å². The van der Waals surface area contributed by atoms with Crippen molar-refractivity contribution in [3.05, 3.63) is 40.1 Å². The van der Waals surface area contributed by atoms with Crippen LogP contribution in [0, 0.1) is 5.82 Å². The summed E-state index contributed by atoms with van der Waals surface area (Å²) in [7, 11) is 0. The van der Waals surface area contributed by atoms with Gasteiger partial charge in [-0.2, -0.15) is 0 Å². The molecule has 0 saturated carbocycles. The first-order chi connectivity index (χ1) is 7.78. The Balaban J connectivity index is 2.77. The van der Waals surface area contributed by atoms with Gasteiger partial charge in [-0.25, -0.2) is 9.18 Å². The van der Waals surface area contributed by atoms with E-state index in [9.17, 15) is 9.18 Å². The maximum atomic E-state index is 13.0. The van der Waals surface area contributed by atoms with E-state index in [-0.39, 0.29) is 5.82 Å². The third-order valence-corrected chi connectivity index (χ3v) is 2.49. The van der Waals surface area contributed by atoms with Gasteiger partial charge in [-0.1, -0.05) is 15.9 Å². The smallest absolute Gasteiger partial charge is 0.331 e. The summed E-state index contributed by atoms with van der Waals surface area (Å²) in [4.78, 5) is 11.4. The monoisotopic (exact) mass is 300 g/mol. The lowest BCUT2D eigenvalue weighted by Crippen LogP contribution is -2.22. The number of hydrogen-bond acceptors (Lipinski definition) is 2. The van der Waals surface area contributed by atoms with Gasteiger partial charge < -0.3 is 4.74 Å². The third-order valence-electron chi connectivity index (χ3n) is 1.76. The lowest BCUT2D eigenvalue weighted by molar-refractivity contribution is -0.148. The molecule has 1 rings (SSSR count). The standard InChI is InChI=1S/C13H14BrFO2/c1-13(2,3)17-12(16)7-4-9-8-10(15)5-6-11(9)14/h4-8H,1-3H3. The summed E-state index contributed by atoms with van der Waals surface area (Å²) >= 11 is 3.27. The average Bonchev–Trinajstić information content (AvgIpc) is 2.17. The Bertz CT molecular complexity index is 447. The molecule has 0 spiro atoms. The number of ether oxygens (including phenoxy) is 1. The predicted molar refractivity (Wildman–Crippen MR) is 69.0 cm³/mol. The number of rotatable bonds is 2. The summed E-state index contributed by atoms with van der Waals surface area (Å²) < 4.78 is 18.8. The van der Waals surface area contributed by atoms with Crippen LogP contribution in [0.3, 0.4) is 0 Å². The van der Waals surface area contributed by atoms with E-state index in [2.05, 4.69) is 15.9 Å². The van der Waals surface area contributed by atoms with Gasteiger partial charge >= 0.3 is 5.97 Å². The molecular formula is C13H14BrFO2. The van der Waals surface area contributed by atoms with Crippen molar-refractivity contribution in [2.75, 3.05) is 0 Å². The molecule has 0 aliphatic rings. The van der Waals surface area contributed by atoms with E-state index in [4.69, 9.17) is 4.74 Å². The van der Waals surface area contributed by atoms with Gasteiger partial charge in [0.25, 0.3) is 0 Å². The number of esters is 1. The Morgan fingerprint density at radius 2 is 2.06 bits per heavy atom. The highest BCUT2D eigenvalue weighted by atomic mass is 79.9. The highest BCUT2D eigenvalue weighted by Crippen LogP contribution is 2.19. The normalized spacial score (nSPS) is 11.8. The summed E-state index contributed by atoms with van der Waals surface area (Å²) in [5, 5.41) is 0. The van der Waals surface area contributed by atoms with E-state index in [1.807, 2.05) is 0 Å². The first kappa shape index (κ1) is 13.9. The average molecular weight is 301 g/mol. The van der Waals surface area contributed by atoms with Gasteiger partial charge in [0.2, 0.25) is 0 Å². The lowest BCUT2D eigenvalue weighted by atomic mass is 10.2. The predicted octanol–water partition coefficient (Wildman–Crippen LogP) is 3.94. The molecule has 0 heterocycles. The van der Waals surface area contributed by atoms with Crippen LogP contribution in [0.25, 0.3) is 6.08 Å². The molecule has 17 heavy (non-hydrogen) atoms. The van der Waals surface area contributed by atoms with Crippen LogP contribution in [-0.2, 0) is 9.53 Å². The molecule has 0 unspecified atom stereocenters. The van der Waals surface area contributed by atoms with E-state index in [0.29, 0.717) is 5.56 Å². The van der Waals surface area contributed by atoms with Gasteiger partial charge in [0.1, 0.15) is 11.4 Å². The number of carbonyl (C=O) groups is 1. The Kier molecular flexibility index (Phi) is 4.46. The van der Waals surface area contributed by atoms with Gasteiger partial charge in [-0.15, -0.1) is 0 Å². The molecule has 0 bridgehead atoms. The second kappa shape index (κ2) is 5.45. The molecule has 0 atom stereocenters. The van der Waals surface area contributed by atoms with Crippen LogP contribution in [0.5, 0.6) is 0 Å². The van der Waals surface area contributed by atoms with Crippen molar-refractivity contribution in [3.8, 4) is 0 Å². The van der Waals surface area contributed by atoms with E-state index in [0.717, 1.165) is 4.47 Å². The van der Waals surface area contributed by atoms with Crippen molar-refractivity contribution in [2.24, 2.45) is 0 Å². The zero-order valence-corrected chi connectivity index (χ0v) is 11.5. The molecule has 2 nitrogen and oxygen atoms in total. The summed E-state index contributed by atoms with van der Waals surface area (Å²) in [5.74, 6) is -0.800. The van der Waals surface area contributed by atoms with Crippen molar-refractivity contribution in [1.29, 1.82) is 0 Å². The molecule has 0 radical (unpaired) electrons. The molecule has 0 aliphatic carbocycles. The van der Waals surface area contributed by atoms with Gasteiger partial charge in [0, 0.05) is 10.5 Å². The minimum atomic E-state index is -0.527. The van der Waals surface area contributed by atoms with E-state index in [1.165, 1.54) is 24.3 Å². The van der Waals surface area contributed by atoms with Gasteiger partial charge in [0.05, 0.1) is 0 Å².